The zero-order valence-corrected chi connectivity index (χ0v) is 24.2. The molecule has 0 unspecified atom stereocenters. The van der Waals surface area contributed by atoms with Gasteiger partial charge in [0.15, 0.2) is 0 Å². The maximum Gasteiger partial charge on any atom is 0.150 e. The van der Waals surface area contributed by atoms with E-state index in [2.05, 4.69) is 71.9 Å². The van der Waals surface area contributed by atoms with Gasteiger partial charge in [0.05, 0.1) is 11.2 Å². The maximum absolute atomic E-state index is 11.2. The number of methoxy groups -OCH3 is 1. The number of nitrogens with zero attached hydrogens (tertiary/aromatic N) is 1. The molecule has 0 atom stereocenters. The van der Waals surface area contributed by atoms with Crippen LogP contribution in [0.4, 0.5) is 0 Å². The van der Waals surface area contributed by atoms with Crippen LogP contribution in [0.2, 0.25) is 5.02 Å². The lowest BCUT2D eigenvalue weighted by Crippen LogP contribution is -1.95. The maximum atomic E-state index is 11.2. The lowest BCUT2D eigenvalue weighted by molar-refractivity contribution is 0.112. The predicted molar refractivity (Wildman–Crippen MR) is 170 cm³/mol. The van der Waals surface area contributed by atoms with Crippen LogP contribution in [0.1, 0.15) is 46.1 Å². The monoisotopic (exact) mass is 547 g/mol. The van der Waals surface area contributed by atoms with E-state index in [4.69, 9.17) is 11.6 Å². The number of aldehydes is 1. The molecule has 1 aromatic heterocycles. The van der Waals surface area contributed by atoms with Gasteiger partial charge in [-0.05, 0) is 66.0 Å². The van der Waals surface area contributed by atoms with Crippen LogP contribution in [0.25, 0.3) is 23.1 Å². The van der Waals surface area contributed by atoms with E-state index >= 15 is 0 Å². The summed E-state index contributed by atoms with van der Waals surface area (Å²) in [4.78, 5) is 15.8. The third kappa shape index (κ3) is 11.9. The van der Waals surface area contributed by atoms with Gasteiger partial charge in [0.25, 0.3) is 0 Å². The molecule has 0 amide bonds. The molecule has 3 aromatic carbocycles. The van der Waals surface area contributed by atoms with Crippen molar-refractivity contribution in [2.75, 3.05) is 20.0 Å². The third-order valence-corrected chi connectivity index (χ3v) is 5.40. The first-order valence-corrected chi connectivity index (χ1v) is 13.4. The van der Waals surface area contributed by atoms with E-state index in [9.17, 15) is 4.79 Å². The predicted octanol–water partition coefficient (Wildman–Crippen LogP) is 9.05. The summed E-state index contributed by atoms with van der Waals surface area (Å²) in [5.74, 6) is 0.944. The second kappa shape index (κ2) is 19.9. The van der Waals surface area contributed by atoms with Crippen LogP contribution in [-0.2, 0) is 17.6 Å². The molecule has 4 aromatic rings. The summed E-state index contributed by atoms with van der Waals surface area (Å²) in [5.41, 5.74) is 6.15. The van der Waals surface area contributed by atoms with Gasteiger partial charge in [0, 0.05) is 30.2 Å². The van der Waals surface area contributed by atoms with Gasteiger partial charge in [-0.15, -0.1) is 13.2 Å². The van der Waals surface area contributed by atoms with Gasteiger partial charge in [-0.1, -0.05) is 85.3 Å². The largest absolute Gasteiger partial charge is 0.388 e. The second-order valence-electron chi connectivity index (χ2n) is 8.05. The van der Waals surface area contributed by atoms with Crippen molar-refractivity contribution in [3.63, 3.8) is 0 Å². The van der Waals surface area contributed by atoms with Crippen molar-refractivity contribution in [2.45, 2.75) is 26.2 Å². The number of hydrogen-bond acceptors (Lipinski definition) is 4. The van der Waals surface area contributed by atoms with Gasteiger partial charge in [0.1, 0.15) is 6.29 Å². The van der Waals surface area contributed by atoms with E-state index in [0.29, 0.717) is 5.02 Å². The fraction of sp³-hybridized carbons (Fsp3) is 0.212. The number of hydrogen-bond donors (Lipinski definition) is 1. The Bertz CT molecular complexity index is 1270. The topological polar surface area (TPSA) is 39.2 Å². The molecule has 4 rings (SSSR count). The van der Waals surface area contributed by atoms with Crippen LogP contribution >= 0.6 is 24.2 Å². The summed E-state index contributed by atoms with van der Waals surface area (Å²) in [7, 11) is 3.25. The van der Waals surface area contributed by atoms with E-state index < -0.39 is 0 Å². The first-order valence-electron chi connectivity index (χ1n) is 12.4. The fourth-order valence-electron chi connectivity index (χ4n) is 3.59. The van der Waals surface area contributed by atoms with Crippen LogP contribution in [0.5, 0.6) is 0 Å². The molecule has 0 aliphatic rings. The van der Waals surface area contributed by atoms with Gasteiger partial charge in [-0.2, -0.15) is 12.6 Å². The molecule has 1 heterocycles. The average Bonchev–Trinajstić information content (AvgIpc) is 2.94. The molecular formula is C33H38ClNO2S. The van der Waals surface area contributed by atoms with Gasteiger partial charge < -0.3 is 4.74 Å². The van der Waals surface area contributed by atoms with Crippen molar-refractivity contribution in [3.8, 4) is 0 Å². The molecular weight excluding hydrogens is 510 g/mol. The SMILES string of the molecule is C=C.CCS.COC.O=Cc1ccccc1CCCc1cccc(/C=C/c2ccc3ccc(Cl)cc3n2)c1. The number of benzene rings is 3. The summed E-state index contributed by atoms with van der Waals surface area (Å²) in [6.45, 7) is 7.99. The van der Waals surface area contributed by atoms with Crippen LogP contribution in [0.15, 0.2) is 92.0 Å². The Morgan fingerprint density at radius 2 is 1.61 bits per heavy atom. The number of fused-ring (bicyclic) bond motifs is 1. The number of carbonyl (C=O) groups excluding carboxylic acids is 1. The number of aromatic nitrogens is 1. The number of pyridine rings is 1. The zero-order chi connectivity index (χ0) is 28.2. The standard InChI is InChI=1S/C27H22ClNO.C2H6O.C2H6S.C2H4/c28-25-14-12-23-13-16-26(29-27(23)18-25)15-11-21-6-3-5-20(17-21)7-4-10-22-8-1-2-9-24(22)19-30;1-3-2;1-2-3;1-2/h1-3,5-6,8-9,11-19H,4,7,10H2;1-2H3;3H,2H2,1H3;1-2H2/b15-11+;;;. The average molecular weight is 548 g/mol. The van der Waals surface area contributed by atoms with E-state index in [1.54, 1.807) is 14.2 Å². The summed E-state index contributed by atoms with van der Waals surface area (Å²) in [6.07, 6.45) is 7.93. The number of thiol groups is 1. The molecule has 200 valence electrons. The molecule has 0 aliphatic carbocycles. The number of rotatable bonds is 7. The van der Waals surface area contributed by atoms with Crippen LogP contribution in [0, 0.1) is 0 Å². The molecule has 0 radical (unpaired) electrons. The molecule has 0 saturated carbocycles. The van der Waals surface area contributed by atoms with Gasteiger partial charge >= 0.3 is 0 Å². The third-order valence-electron chi connectivity index (χ3n) is 5.17. The highest BCUT2D eigenvalue weighted by atomic mass is 35.5. The smallest absolute Gasteiger partial charge is 0.150 e. The first-order chi connectivity index (χ1) is 18.5. The molecule has 0 spiro atoms. The Labute approximate surface area is 238 Å². The summed E-state index contributed by atoms with van der Waals surface area (Å²) in [6, 6.07) is 26.2. The van der Waals surface area contributed by atoms with Crippen molar-refractivity contribution in [2.24, 2.45) is 0 Å². The Morgan fingerprint density at radius 1 is 0.921 bits per heavy atom. The van der Waals surface area contributed by atoms with Gasteiger partial charge in [-0.3, -0.25) is 4.79 Å². The highest BCUT2D eigenvalue weighted by Gasteiger charge is 2.02. The molecule has 5 heteroatoms. The van der Waals surface area contributed by atoms with Crippen molar-refractivity contribution >= 4 is 53.6 Å². The first kappa shape index (κ1) is 32.8. The number of carbonyl (C=O) groups is 1. The minimum absolute atomic E-state index is 0.694. The molecule has 0 aliphatic heterocycles. The molecule has 0 N–H and O–H groups in total. The lowest BCUT2D eigenvalue weighted by atomic mass is 9.99. The van der Waals surface area contributed by atoms with Crippen LogP contribution in [-0.4, -0.2) is 31.2 Å². The van der Waals surface area contributed by atoms with Crippen LogP contribution in [0.3, 0.4) is 0 Å². The Kier molecular flexibility index (Phi) is 17.2. The zero-order valence-electron chi connectivity index (χ0n) is 22.6. The molecule has 0 saturated heterocycles. The quantitative estimate of drug-likeness (QED) is 0.142. The molecule has 0 fully saturated rings. The van der Waals surface area contributed by atoms with Crippen molar-refractivity contribution in [3.05, 3.63) is 125 Å². The van der Waals surface area contributed by atoms with E-state index in [0.717, 1.165) is 64.6 Å². The minimum atomic E-state index is 0.694. The van der Waals surface area contributed by atoms with Crippen molar-refractivity contribution in [1.29, 1.82) is 0 Å². The Balaban J connectivity index is 0.000000811. The lowest BCUT2D eigenvalue weighted by Gasteiger charge is -2.06. The highest BCUT2D eigenvalue weighted by Crippen LogP contribution is 2.19. The summed E-state index contributed by atoms with van der Waals surface area (Å²) >= 11 is 9.87. The van der Waals surface area contributed by atoms with Gasteiger partial charge in [0.2, 0.25) is 0 Å². The molecule has 0 bridgehead atoms. The molecule has 3 nitrogen and oxygen atoms in total. The summed E-state index contributed by atoms with van der Waals surface area (Å²) in [5, 5.41) is 1.77. The number of aryl methyl sites for hydroxylation is 2. The minimum Gasteiger partial charge on any atom is -0.388 e. The Morgan fingerprint density at radius 3 is 2.32 bits per heavy atom. The van der Waals surface area contributed by atoms with Crippen LogP contribution < -0.4 is 0 Å². The Hall–Kier alpha value is -3.18. The van der Waals surface area contributed by atoms with E-state index in [-0.39, 0.29) is 0 Å². The van der Waals surface area contributed by atoms with Gasteiger partial charge in [-0.25, -0.2) is 4.98 Å². The second-order valence-corrected chi connectivity index (χ2v) is 9.12. The molecule has 38 heavy (non-hydrogen) atoms. The van der Waals surface area contributed by atoms with Crippen molar-refractivity contribution in [1.82, 2.24) is 4.98 Å². The number of ether oxygens (including phenoxy) is 1. The summed E-state index contributed by atoms with van der Waals surface area (Å²) < 4.78 is 4.25. The number of halogens is 1. The fourth-order valence-corrected chi connectivity index (χ4v) is 3.76. The highest BCUT2D eigenvalue weighted by molar-refractivity contribution is 7.80. The normalized spacial score (nSPS) is 9.92. The van der Waals surface area contributed by atoms with E-state index in [1.807, 2.05) is 61.5 Å². The van der Waals surface area contributed by atoms with E-state index in [1.165, 1.54) is 5.56 Å². The van der Waals surface area contributed by atoms with Crippen molar-refractivity contribution < 1.29 is 9.53 Å².